The van der Waals surface area contributed by atoms with Crippen LogP contribution >= 0.6 is 0 Å². The molecule has 0 aromatic heterocycles. The Morgan fingerprint density at radius 1 is 1.25 bits per heavy atom. The Balaban J connectivity index is 0. The van der Waals surface area contributed by atoms with Gasteiger partial charge in [0.25, 0.3) is 0 Å². The van der Waals surface area contributed by atoms with Crippen LogP contribution in [0.25, 0.3) is 0 Å². The summed E-state index contributed by atoms with van der Waals surface area (Å²) in [4.78, 5) is 0. The minimum atomic E-state index is 0. The van der Waals surface area contributed by atoms with Crippen molar-refractivity contribution in [2.24, 2.45) is 0 Å². The van der Waals surface area contributed by atoms with E-state index in [-0.39, 0.29) is 148 Å². The normalized spacial score (nSPS) is 0. The Morgan fingerprint density at radius 2 is 1.25 bits per heavy atom. The molecular formula is HCeIrRbZr. The van der Waals surface area contributed by atoms with Gasteiger partial charge in [0.05, 0.1) is 0 Å². The van der Waals surface area contributed by atoms with Gasteiger partial charge in [0, 0.05) is 88.1 Å². The van der Waals surface area contributed by atoms with Crippen LogP contribution in [0.15, 0.2) is 0 Å². The van der Waals surface area contributed by atoms with E-state index in [0.717, 1.165) is 0 Å². The first kappa shape index (κ1) is 23.3. The summed E-state index contributed by atoms with van der Waals surface area (Å²) < 4.78 is 0. The van der Waals surface area contributed by atoms with Crippen molar-refractivity contribution < 1.29 is 148 Å². The summed E-state index contributed by atoms with van der Waals surface area (Å²) >= 11 is 0. The van der Waals surface area contributed by atoms with Crippen molar-refractivity contribution in [3.05, 3.63) is 0 Å². The van der Waals surface area contributed by atoms with Gasteiger partial charge in [-0.05, 0) is 0 Å². The van der Waals surface area contributed by atoms with E-state index in [2.05, 4.69) is 0 Å². The van der Waals surface area contributed by atoms with Gasteiger partial charge >= 0.3 is 58.2 Å². The molecule has 0 aliphatic heterocycles. The fourth-order valence-electron chi connectivity index (χ4n) is 0. The van der Waals surface area contributed by atoms with Crippen molar-refractivity contribution in [3.8, 4) is 0 Å². The van der Waals surface area contributed by atoms with Crippen LogP contribution in [0.5, 0.6) is 0 Å². The van der Waals surface area contributed by atoms with Gasteiger partial charge in [0.15, 0.2) is 0 Å². The van der Waals surface area contributed by atoms with Crippen molar-refractivity contribution in [2.75, 3.05) is 0 Å². The second-order valence-electron chi connectivity index (χ2n) is 0. The monoisotopic (exact) mass is 509 g/mol. The molecule has 0 fully saturated rings. The minimum absolute atomic E-state index is 0. The van der Waals surface area contributed by atoms with E-state index in [1.165, 1.54) is 0 Å². The van der Waals surface area contributed by atoms with E-state index in [4.69, 9.17) is 0 Å². The fraction of sp³-hybridized carbons (Fsp3) is 0. The van der Waals surface area contributed by atoms with Crippen LogP contribution < -0.4 is 58.2 Å². The third-order valence-electron chi connectivity index (χ3n) is 0. The van der Waals surface area contributed by atoms with Crippen molar-refractivity contribution >= 4 is 0 Å². The molecule has 0 nitrogen and oxygen atoms in total. The van der Waals surface area contributed by atoms with Gasteiger partial charge in [-0.15, -0.1) is 0 Å². The zero-order valence-corrected chi connectivity index (χ0v) is 15.2. The molecule has 0 aliphatic carbocycles. The molecule has 19 valence electrons. The number of hydrogen-bond acceptors (Lipinski definition) is 0. The molecule has 0 saturated carbocycles. The topological polar surface area (TPSA) is 0 Å². The van der Waals surface area contributed by atoms with Gasteiger partial charge in [-0.3, -0.25) is 0 Å². The van der Waals surface area contributed by atoms with E-state index in [1.807, 2.05) is 0 Å². The zero-order valence-electron chi connectivity index (χ0n) is 3.33. The first-order valence-electron chi connectivity index (χ1n) is 0. The molecule has 0 saturated heterocycles. The Labute approximate surface area is 143 Å². The zero-order chi connectivity index (χ0) is 0. The summed E-state index contributed by atoms with van der Waals surface area (Å²) in [6.45, 7) is 0. The minimum Gasteiger partial charge on any atom is -1.00 e. The molecule has 0 atom stereocenters. The average Bonchev–Trinajstić information content (AvgIpc) is 0. The van der Waals surface area contributed by atoms with Crippen molar-refractivity contribution in [2.45, 2.75) is 0 Å². The molecule has 0 bridgehead atoms. The number of hydrogen-bond donors (Lipinski definition) is 0. The number of rotatable bonds is 0. The van der Waals surface area contributed by atoms with Crippen molar-refractivity contribution in [1.82, 2.24) is 0 Å². The summed E-state index contributed by atoms with van der Waals surface area (Å²) in [7, 11) is 0. The van der Waals surface area contributed by atoms with E-state index in [1.54, 1.807) is 0 Å². The van der Waals surface area contributed by atoms with Crippen LogP contribution in [0.1, 0.15) is 1.43 Å². The Kier molecular flexibility index (Phi) is 91.3. The second kappa shape index (κ2) is 15.6. The van der Waals surface area contributed by atoms with Crippen LogP contribution in [-0.4, -0.2) is 0 Å². The molecule has 0 spiro atoms. The quantitative estimate of drug-likeness (QED) is 0.329. The van der Waals surface area contributed by atoms with Gasteiger partial charge in [-0.2, -0.15) is 0 Å². The Morgan fingerprint density at radius 3 is 1.25 bits per heavy atom. The maximum absolute atomic E-state index is 0. The van der Waals surface area contributed by atoms with Crippen molar-refractivity contribution in [3.63, 3.8) is 0 Å². The summed E-state index contributed by atoms with van der Waals surface area (Å²) in [5, 5.41) is 0. The fourth-order valence-corrected chi connectivity index (χ4v) is 0. The predicted octanol–water partition coefficient (Wildman–Crippen LogP) is -2.89. The summed E-state index contributed by atoms with van der Waals surface area (Å²) in [5.41, 5.74) is 0. The van der Waals surface area contributed by atoms with Crippen LogP contribution in [-0.2, 0) is 46.3 Å². The molecule has 1 radical (unpaired) electrons. The predicted molar refractivity (Wildman–Crippen MR) is 1.11 cm³/mol. The van der Waals surface area contributed by atoms with Crippen LogP contribution in [0, 0.1) is 41.7 Å². The second-order valence-corrected chi connectivity index (χ2v) is 0. The molecule has 0 aromatic rings. The van der Waals surface area contributed by atoms with E-state index < -0.39 is 0 Å². The summed E-state index contributed by atoms with van der Waals surface area (Å²) in [6.07, 6.45) is 0. The van der Waals surface area contributed by atoms with E-state index in [9.17, 15) is 0 Å². The third kappa shape index (κ3) is 9.86. The van der Waals surface area contributed by atoms with Crippen LogP contribution in [0.4, 0.5) is 0 Å². The summed E-state index contributed by atoms with van der Waals surface area (Å²) in [5.74, 6) is 0. The van der Waals surface area contributed by atoms with Crippen molar-refractivity contribution in [1.29, 1.82) is 0 Å². The molecule has 0 heterocycles. The van der Waals surface area contributed by atoms with E-state index >= 15 is 0 Å². The first-order valence-corrected chi connectivity index (χ1v) is 0. The molecular weight excluding hydrogens is 509 g/mol. The standard InChI is InChI=1S/Ce.Ir.Rb.Zr.H/q;;+1;;-1. The molecule has 0 aliphatic rings. The van der Waals surface area contributed by atoms with Crippen LogP contribution in [0.2, 0.25) is 0 Å². The first-order chi connectivity index (χ1) is 0. The maximum atomic E-state index is 0. The third-order valence-corrected chi connectivity index (χ3v) is 0. The van der Waals surface area contributed by atoms with Crippen LogP contribution in [0.3, 0.4) is 0 Å². The maximum Gasteiger partial charge on any atom is 1.00 e. The summed E-state index contributed by atoms with van der Waals surface area (Å²) in [6, 6.07) is 0. The smallest absolute Gasteiger partial charge is 1.00 e. The molecule has 0 N–H and O–H groups in total. The van der Waals surface area contributed by atoms with Gasteiger partial charge in [-0.1, -0.05) is 0 Å². The molecule has 0 unspecified atom stereocenters. The molecule has 4 heavy (non-hydrogen) atoms. The SMILES string of the molecule is [Ce].[H-].[Ir].[Rb+].[Zr]. The Bertz CT molecular complexity index is 11.6. The molecule has 4 heteroatoms. The Hall–Kier alpha value is 4.71. The van der Waals surface area contributed by atoms with Gasteiger partial charge in [0.1, 0.15) is 0 Å². The van der Waals surface area contributed by atoms with E-state index in [0.29, 0.717) is 0 Å². The van der Waals surface area contributed by atoms with Gasteiger partial charge in [0.2, 0.25) is 0 Å². The van der Waals surface area contributed by atoms with Gasteiger partial charge in [-0.25, -0.2) is 0 Å². The largest absolute Gasteiger partial charge is 1.00 e. The molecule has 0 aromatic carbocycles. The molecule has 0 amide bonds. The van der Waals surface area contributed by atoms with Gasteiger partial charge < -0.3 is 1.43 Å². The molecule has 0 rings (SSSR count). The average molecular weight is 510 g/mol.